The highest BCUT2D eigenvalue weighted by atomic mass is 16.4. The molecule has 0 fully saturated rings. The Bertz CT molecular complexity index is 686. The van der Waals surface area contributed by atoms with Gasteiger partial charge in [-0.1, -0.05) is 35.9 Å². The molecule has 0 aliphatic carbocycles. The third-order valence-corrected chi connectivity index (χ3v) is 4.14. The van der Waals surface area contributed by atoms with Gasteiger partial charge in [0.2, 0.25) is 11.8 Å². The highest BCUT2D eigenvalue weighted by Crippen LogP contribution is 2.22. The summed E-state index contributed by atoms with van der Waals surface area (Å²) >= 11 is 0. The molecule has 1 aromatic rings. The minimum absolute atomic E-state index is 0.0443. The fourth-order valence-corrected chi connectivity index (χ4v) is 2.07. The van der Waals surface area contributed by atoms with Gasteiger partial charge in [-0.25, -0.2) is 0 Å². The van der Waals surface area contributed by atoms with Gasteiger partial charge in [-0.3, -0.25) is 19.4 Å². The summed E-state index contributed by atoms with van der Waals surface area (Å²) in [4.78, 5) is 37.8. The molecule has 0 saturated heterocycles. The number of hydrogen-bond acceptors (Lipinski definition) is 4. The molecule has 9 heteroatoms. The molecule has 0 atom stereocenters. The largest absolute Gasteiger partial charge is 0.481 e. The number of nitrogens with one attached hydrogen (secondary N) is 2. The first-order chi connectivity index (χ1) is 14.0. The molecule has 9 nitrogen and oxygen atoms in total. The number of guanidine groups is 1. The molecule has 0 bridgehead atoms. The van der Waals surface area contributed by atoms with E-state index in [1.54, 1.807) is 13.8 Å². The molecule has 0 aromatic heterocycles. The number of aryl methyl sites for hydroxylation is 1. The smallest absolute Gasteiger partial charge is 0.309 e. The van der Waals surface area contributed by atoms with Crippen molar-refractivity contribution in [2.24, 2.45) is 21.9 Å². The normalized spacial score (nSPS) is 10.2. The van der Waals surface area contributed by atoms with E-state index >= 15 is 0 Å². The predicted molar refractivity (Wildman–Crippen MR) is 118 cm³/mol. The third kappa shape index (κ3) is 14.9. The Labute approximate surface area is 178 Å². The van der Waals surface area contributed by atoms with Gasteiger partial charge in [0.15, 0.2) is 5.96 Å². The van der Waals surface area contributed by atoms with Crippen molar-refractivity contribution >= 4 is 23.7 Å². The van der Waals surface area contributed by atoms with Crippen LogP contribution in [0.2, 0.25) is 0 Å². The molecule has 0 spiro atoms. The van der Waals surface area contributed by atoms with Gasteiger partial charge in [-0.05, 0) is 40.0 Å². The Morgan fingerprint density at radius 1 is 1.03 bits per heavy atom. The van der Waals surface area contributed by atoms with Crippen LogP contribution >= 0.6 is 0 Å². The van der Waals surface area contributed by atoms with Crippen molar-refractivity contribution in [1.29, 1.82) is 0 Å². The molecule has 7 N–H and O–H groups in total. The highest BCUT2D eigenvalue weighted by molar-refractivity contribution is 5.85. The van der Waals surface area contributed by atoms with Crippen LogP contribution < -0.4 is 22.1 Å². The van der Waals surface area contributed by atoms with Gasteiger partial charge >= 0.3 is 5.97 Å². The van der Waals surface area contributed by atoms with Gasteiger partial charge in [-0.15, -0.1) is 0 Å². The summed E-state index contributed by atoms with van der Waals surface area (Å²) in [6.07, 6.45) is 1.74. The van der Waals surface area contributed by atoms with Crippen LogP contribution in [0.5, 0.6) is 0 Å². The maximum absolute atomic E-state index is 11.6. The van der Waals surface area contributed by atoms with E-state index < -0.39 is 11.4 Å². The quantitative estimate of drug-likeness (QED) is 0.205. The number of rotatable bonds is 11. The Hall–Kier alpha value is -3.10. The zero-order chi connectivity index (χ0) is 23.0. The molecule has 0 radical (unpaired) electrons. The fourth-order valence-electron chi connectivity index (χ4n) is 2.07. The number of benzene rings is 1. The molecule has 0 aliphatic heterocycles. The Balaban J connectivity index is 0.000001000. The second kappa shape index (κ2) is 14.8. The summed E-state index contributed by atoms with van der Waals surface area (Å²) in [5, 5.41) is 14.1. The topological polar surface area (TPSA) is 160 Å². The van der Waals surface area contributed by atoms with E-state index in [9.17, 15) is 14.4 Å². The number of unbranched alkanes of at least 4 members (excludes halogenated alkanes) is 1. The first-order valence-corrected chi connectivity index (χ1v) is 9.88. The zero-order valence-electron chi connectivity index (χ0n) is 18.1. The van der Waals surface area contributed by atoms with Gasteiger partial charge < -0.3 is 27.2 Å². The first-order valence-electron chi connectivity index (χ1n) is 9.88. The molecular weight excluding hydrogens is 386 g/mol. The molecule has 168 valence electrons. The SMILES string of the molecule is CC(C)(CCC(=O)NCC(=O)NCCCCN=C(N)N)C(=O)O.Cc1ccccc1. The molecule has 0 aliphatic rings. The van der Waals surface area contributed by atoms with Gasteiger partial charge in [0, 0.05) is 19.5 Å². The maximum Gasteiger partial charge on any atom is 0.309 e. The van der Waals surface area contributed by atoms with Crippen LogP contribution in [0, 0.1) is 12.3 Å². The van der Waals surface area contributed by atoms with Crippen LogP contribution in [-0.4, -0.2) is 48.5 Å². The van der Waals surface area contributed by atoms with Gasteiger partial charge in [0.25, 0.3) is 0 Å². The van der Waals surface area contributed by atoms with Crippen molar-refractivity contribution in [3.05, 3.63) is 35.9 Å². The van der Waals surface area contributed by atoms with Crippen molar-refractivity contribution < 1.29 is 19.5 Å². The van der Waals surface area contributed by atoms with Crippen molar-refractivity contribution in [3.8, 4) is 0 Å². The van der Waals surface area contributed by atoms with E-state index in [-0.39, 0.29) is 37.2 Å². The monoisotopic (exact) mass is 421 g/mol. The number of carbonyl (C=O) groups is 3. The minimum atomic E-state index is -0.963. The number of aliphatic carboxylic acids is 1. The second-order valence-corrected chi connectivity index (χ2v) is 7.48. The molecule has 2 amide bonds. The lowest BCUT2D eigenvalue weighted by Gasteiger charge is -2.18. The lowest BCUT2D eigenvalue weighted by molar-refractivity contribution is -0.147. The number of nitrogens with zero attached hydrogens (tertiary/aromatic N) is 1. The van der Waals surface area contributed by atoms with Crippen LogP contribution in [0.4, 0.5) is 0 Å². The van der Waals surface area contributed by atoms with E-state index in [2.05, 4.69) is 34.7 Å². The lowest BCUT2D eigenvalue weighted by atomic mass is 9.88. The summed E-state index contributed by atoms with van der Waals surface area (Å²) in [5.74, 6) is -1.55. The predicted octanol–water partition coefficient (Wildman–Crippen LogP) is 1.16. The number of nitrogens with two attached hydrogens (primary N) is 2. The van der Waals surface area contributed by atoms with Crippen molar-refractivity contribution in [2.45, 2.75) is 46.5 Å². The van der Waals surface area contributed by atoms with Crippen LogP contribution in [0.25, 0.3) is 0 Å². The minimum Gasteiger partial charge on any atom is -0.481 e. The summed E-state index contributed by atoms with van der Waals surface area (Å²) < 4.78 is 0. The highest BCUT2D eigenvalue weighted by Gasteiger charge is 2.27. The van der Waals surface area contributed by atoms with Crippen LogP contribution in [0.1, 0.15) is 45.1 Å². The van der Waals surface area contributed by atoms with Crippen molar-refractivity contribution in [1.82, 2.24) is 10.6 Å². The van der Waals surface area contributed by atoms with Crippen molar-refractivity contribution in [3.63, 3.8) is 0 Å². The Morgan fingerprint density at radius 3 is 2.17 bits per heavy atom. The van der Waals surface area contributed by atoms with E-state index in [0.717, 1.165) is 12.8 Å². The maximum atomic E-state index is 11.6. The van der Waals surface area contributed by atoms with Gasteiger partial charge in [0.1, 0.15) is 0 Å². The van der Waals surface area contributed by atoms with E-state index in [0.29, 0.717) is 13.1 Å². The van der Waals surface area contributed by atoms with Crippen LogP contribution in [0.15, 0.2) is 35.3 Å². The Kier molecular flexibility index (Phi) is 13.3. The molecule has 0 heterocycles. The number of aliphatic imine (C=N–C) groups is 1. The molecule has 0 saturated carbocycles. The van der Waals surface area contributed by atoms with Crippen molar-refractivity contribution in [2.75, 3.05) is 19.6 Å². The summed E-state index contributed by atoms with van der Waals surface area (Å²) in [5.41, 5.74) is 10.7. The number of carbonyl (C=O) groups excluding carboxylic acids is 2. The lowest BCUT2D eigenvalue weighted by Crippen LogP contribution is -2.38. The van der Waals surface area contributed by atoms with Crippen LogP contribution in [0.3, 0.4) is 0 Å². The van der Waals surface area contributed by atoms with E-state index in [4.69, 9.17) is 16.6 Å². The average Bonchev–Trinajstić information content (AvgIpc) is 2.68. The summed E-state index contributed by atoms with van der Waals surface area (Å²) in [7, 11) is 0. The van der Waals surface area contributed by atoms with Gasteiger partial charge in [0.05, 0.1) is 12.0 Å². The second-order valence-electron chi connectivity index (χ2n) is 7.48. The summed E-state index contributed by atoms with van der Waals surface area (Å²) in [6.45, 7) is 6.05. The number of amides is 2. The summed E-state index contributed by atoms with van der Waals surface area (Å²) in [6, 6.07) is 10.3. The third-order valence-electron chi connectivity index (χ3n) is 4.14. The molecular formula is C21H35N5O4. The van der Waals surface area contributed by atoms with Crippen LogP contribution in [-0.2, 0) is 14.4 Å². The van der Waals surface area contributed by atoms with E-state index in [1.165, 1.54) is 5.56 Å². The fraction of sp³-hybridized carbons (Fsp3) is 0.524. The number of carboxylic acids is 1. The number of carboxylic acid groups (broad SMARTS) is 1. The molecule has 0 unspecified atom stereocenters. The van der Waals surface area contributed by atoms with Gasteiger partial charge in [-0.2, -0.15) is 0 Å². The molecule has 30 heavy (non-hydrogen) atoms. The zero-order valence-corrected chi connectivity index (χ0v) is 18.1. The van der Waals surface area contributed by atoms with E-state index in [1.807, 2.05) is 18.2 Å². The molecule has 1 aromatic carbocycles. The number of hydrogen-bond donors (Lipinski definition) is 5. The first kappa shape index (κ1) is 26.9. The average molecular weight is 422 g/mol. The standard InChI is InChI=1S/C14H27N5O4.C7H8/c1-14(2,12(22)23)6-5-10(20)19-9-11(21)17-7-3-4-8-18-13(15)16;1-7-5-3-2-4-6-7/h3-9H2,1-2H3,(H,17,21)(H,19,20)(H,22,23)(H4,15,16,18);2-6H,1H3. The Morgan fingerprint density at radius 2 is 1.67 bits per heavy atom. The molecule has 1 rings (SSSR count).